The first-order valence-corrected chi connectivity index (χ1v) is 7.76. The third-order valence-corrected chi connectivity index (χ3v) is 4.18. The van der Waals surface area contributed by atoms with E-state index in [2.05, 4.69) is 48.7 Å². The summed E-state index contributed by atoms with van der Waals surface area (Å²) < 4.78 is 0. The molecular weight excluding hydrogens is 248 g/mol. The second kappa shape index (κ2) is 6.89. The maximum atomic E-state index is 12.0. The summed E-state index contributed by atoms with van der Waals surface area (Å²) in [6.45, 7) is 7.05. The summed E-state index contributed by atoms with van der Waals surface area (Å²) in [6, 6.07) is 8.76. The van der Waals surface area contributed by atoms with Crippen LogP contribution in [0.3, 0.4) is 0 Å². The summed E-state index contributed by atoms with van der Waals surface area (Å²) in [7, 11) is 0. The summed E-state index contributed by atoms with van der Waals surface area (Å²) in [5.41, 5.74) is 2.79. The van der Waals surface area contributed by atoms with Crippen molar-refractivity contribution in [2.75, 3.05) is 6.54 Å². The first-order valence-electron chi connectivity index (χ1n) is 7.76. The number of hydrogen-bond donors (Lipinski definition) is 2. The van der Waals surface area contributed by atoms with Crippen LogP contribution in [-0.4, -0.2) is 18.5 Å². The molecule has 20 heavy (non-hydrogen) atoms. The molecule has 0 aromatic heterocycles. The Morgan fingerprint density at radius 1 is 1.30 bits per heavy atom. The van der Waals surface area contributed by atoms with Crippen molar-refractivity contribution in [1.82, 2.24) is 10.6 Å². The van der Waals surface area contributed by atoms with E-state index in [1.54, 1.807) is 0 Å². The largest absolute Gasteiger partial charge is 0.355 e. The highest BCUT2D eigenvalue weighted by Crippen LogP contribution is 2.37. The van der Waals surface area contributed by atoms with Gasteiger partial charge in [-0.1, -0.05) is 38.1 Å². The maximum absolute atomic E-state index is 12.0. The van der Waals surface area contributed by atoms with Crippen LogP contribution in [0.1, 0.15) is 63.1 Å². The Kier molecular flexibility index (Phi) is 5.18. The molecule has 110 valence electrons. The van der Waals surface area contributed by atoms with Crippen LogP contribution in [0.2, 0.25) is 0 Å². The zero-order chi connectivity index (χ0) is 14.5. The van der Waals surface area contributed by atoms with Crippen molar-refractivity contribution in [2.24, 2.45) is 0 Å². The quantitative estimate of drug-likeness (QED) is 0.866. The van der Waals surface area contributed by atoms with Gasteiger partial charge in [-0.3, -0.25) is 10.1 Å². The average molecular weight is 274 g/mol. The summed E-state index contributed by atoms with van der Waals surface area (Å²) in [4.78, 5) is 12.0. The highest BCUT2D eigenvalue weighted by atomic mass is 16.2. The van der Waals surface area contributed by atoms with Crippen LogP contribution in [0.15, 0.2) is 24.3 Å². The normalized spacial score (nSPS) is 22.9. The minimum Gasteiger partial charge on any atom is -0.355 e. The molecule has 0 fully saturated rings. The lowest BCUT2D eigenvalue weighted by Gasteiger charge is -2.32. The molecule has 0 spiro atoms. The SMILES string of the molecule is CCCNC(=O)C(C)NC1CCC(C)c2ccccc21. The van der Waals surface area contributed by atoms with Crippen LogP contribution in [0.4, 0.5) is 0 Å². The Balaban J connectivity index is 2.04. The van der Waals surface area contributed by atoms with E-state index in [4.69, 9.17) is 0 Å². The minimum absolute atomic E-state index is 0.1000. The molecule has 2 N–H and O–H groups in total. The van der Waals surface area contributed by atoms with Crippen LogP contribution in [0.5, 0.6) is 0 Å². The third kappa shape index (κ3) is 3.40. The summed E-state index contributed by atoms with van der Waals surface area (Å²) in [6.07, 6.45) is 3.25. The molecule has 0 radical (unpaired) electrons. The number of carbonyl (C=O) groups excluding carboxylic acids is 1. The third-order valence-electron chi connectivity index (χ3n) is 4.18. The van der Waals surface area contributed by atoms with E-state index in [-0.39, 0.29) is 11.9 Å². The first kappa shape index (κ1) is 15.0. The molecule has 0 saturated heterocycles. The molecular formula is C17H26N2O. The fourth-order valence-corrected chi connectivity index (χ4v) is 2.96. The fraction of sp³-hybridized carbons (Fsp3) is 0.588. The van der Waals surface area contributed by atoms with Gasteiger partial charge in [0.1, 0.15) is 0 Å². The van der Waals surface area contributed by atoms with Gasteiger partial charge >= 0.3 is 0 Å². The van der Waals surface area contributed by atoms with Crippen molar-refractivity contribution < 1.29 is 4.79 Å². The van der Waals surface area contributed by atoms with Crippen molar-refractivity contribution in [3.05, 3.63) is 35.4 Å². The van der Waals surface area contributed by atoms with Crippen molar-refractivity contribution in [2.45, 2.75) is 58.0 Å². The van der Waals surface area contributed by atoms with Crippen molar-refractivity contribution in [1.29, 1.82) is 0 Å². The van der Waals surface area contributed by atoms with Crippen LogP contribution in [0.25, 0.3) is 0 Å². The molecule has 3 atom stereocenters. The average Bonchev–Trinajstić information content (AvgIpc) is 2.47. The molecule has 1 aliphatic carbocycles. The molecule has 2 rings (SSSR count). The first-order chi connectivity index (χ1) is 9.63. The molecule has 0 saturated carbocycles. The van der Waals surface area contributed by atoms with Gasteiger partial charge in [-0.2, -0.15) is 0 Å². The van der Waals surface area contributed by atoms with E-state index in [0.717, 1.165) is 19.4 Å². The van der Waals surface area contributed by atoms with E-state index in [1.807, 2.05) is 6.92 Å². The molecule has 3 nitrogen and oxygen atoms in total. The lowest BCUT2D eigenvalue weighted by Crippen LogP contribution is -2.44. The minimum atomic E-state index is -0.145. The van der Waals surface area contributed by atoms with Gasteiger partial charge in [0.15, 0.2) is 0 Å². The molecule has 0 heterocycles. The molecule has 1 aliphatic rings. The van der Waals surface area contributed by atoms with Gasteiger partial charge in [-0.05, 0) is 43.2 Å². The highest BCUT2D eigenvalue weighted by molar-refractivity contribution is 5.81. The van der Waals surface area contributed by atoms with Gasteiger partial charge in [-0.15, -0.1) is 0 Å². The molecule has 0 aliphatic heterocycles. The Morgan fingerprint density at radius 3 is 2.70 bits per heavy atom. The topological polar surface area (TPSA) is 41.1 Å². The van der Waals surface area contributed by atoms with E-state index < -0.39 is 0 Å². The fourth-order valence-electron chi connectivity index (χ4n) is 2.96. The van der Waals surface area contributed by atoms with Crippen LogP contribution in [0, 0.1) is 0 Å². The van der Waals surface area contributed by atoms with E-state index >= 15 is 0 Å². The predicted molar refractivity (Wildman–Crippen MR) is 82.7 cm³/mol. The number of rotatable bonds is 5. The summed E-state index contributed by atoms with van der Waals surface area (Å²) in [5, 5.41) is 6.45. The molecule has 0 bridgehead atoms. The number of hydrogen-bond acceptors (Lipinski definition) is 2. The molecule has 3 unspecified atom stereocenters. The van der Waals surface area contributed by atoms with Gasteiger partial charge in [0, 0.05) is 12.6 Å². The Bertz CT molecular complexity index is 458. The smallest absolute Gasteiger partial charge is 0.236 e. The molecule has 1 amide bonds. The maximum Gasteiger partial charge on any atom is 0.236 e. The van der Waals surface area contributed by atoms with Crippen molar-refractivity contribution in [3.63, 3.8) is 0 Å². The van der Waals surface area contributed by atoms with Gasteiger partial charge in [-0.25, -0.2) is 0 Å². The number of benzene rings is 1. The number of amides is 1. The van der Waals surface area contributed by atoms with Gasteiger partial charge in [0.05, 0.1) is 6.04 Å². The number of fused-ring (bicyclic) bond motifs is 1. The van der Waals surface area contributed by atoms with Crippen LogP contribution >= 0.6 is 0 Å². The lowest BCUT2D eigenvalue weighted by atomic mass is 9.81. The zero-order valence-electron chi connectivity index (χ0n) is 12.8. The van der Waals surface area contributed by atoms with E-state index in [9.17, 15) is 4.79 Å². The van der Waals surface area contributed by atoms with E-state index in [1.165, 1.54) is 17.5 Å². The van der Waals surface area contributed by atoms with Gasteiger partial charge in [0.25, 0.3) is 0 Å². The van der Waals surface area contributed by atoms with Crippen LogP contribution < -0.4 is 10.6 Å². The molecule has 1 aromatic carbocycles. The zero-order valence-corrected chi connectivity index (χ0v) is 12.8. The molecule has 1 aromatic rings. The standard InChI is InChI=1S/C17H26N2O/c1-4-11-18-17(20)13(3)19-16-10-9-12(2)14-7-5-6-8-15(14)16/h5-8,12-13,16,19H,4,9-11H2,1-3H3,(H,18,20). The summed E-state index contributed by atoms with van der Waals surface area (Å²) >= 11 is 0. The molecule has 3 heteroatoms. The Morgan fingerprint density at radius 2 is 2.00 bits per heavy atom. The van der Waals surface area contributed by atoms with Crippen molar-refractivity contribution in [3.8, 4) is 0 Å². The lowest BCUT2D eigenvalue weighted by molar-refractivity contribution is -0.122. The van der Waals surface area contributed by atoms with Gasteiger partial charge in [0.2, 0.25) is 5.91 Å². The predicted octanol–water partition coefficient (Wildman–Crippen LogP) is 3.13. The van der Waals surface area contributed by atoms with E-state index in [0.29, 0.717) is 12.0 Å². The Hall–Kier alpha value is -1.35. The van der Waals surface area contributed by atoms with Crippen LogP contribution in [-0.2, 0) is 4.79 Å². The Labute approximate surface area is 122 Å². The number of carbonyl (C=O) groups is 1. The second-order valence-electron chi connectivity index (χ2n) is 5.84. The summed E-state index contributed by atoms with van der Waals surface area (Å²) in [5.74, 6) is 0.719. The highest BCUT2D eigenvalue weighted by Gasteiger charge is 2.26. The monoisotopic (exact) mass is 274 g/mol. The second-order valence-corrected chi connectivity index (χ2v) is 5.84. The van der Waals surface area contributed by atoms with Crippen molar-refractivity contribution >= 4 is 5.91 Å². The van der Waals surface area contributed by atoms with Gasteiger partial charge < -0.3 is 5.32 Å². The number of nitrogens with one attached hydrogen (secondary N) is 2.